The van der Waals surface area contributed by atoms with E-state index in [9.17, 15) is 13.2 Å². The van der Waals surface area contributed by atoms with Crippen LogP contribution in [-0.4, -0.2) is 20.2 Å². The van der Waals surface area contributed by atoms with E-state index in [1.165, 1.54) is 12.5 Å². The molecule has 0 amide bonds. The first-order chi connectivity index (χ1) is 8.47. The molecule has 0 spiro atoms. The SMILES string of the molecule is FC(F)(F)c1cc(Br)cnc1NCc1ncn[nH]1. The number of hydrogen-bond acceptors (Lipinski definition) is 4. The number of aromatic amines is 1. The number of hydrogen-bond donors (Lipinski definition) is 2. The molecule has 2 heterocycles. The second-order valence-corrected chi connectivity index (χ2v) is 4.25. The lowest BCUT2D eigenvalue weighted by Crippen LogP contribution is -2.13. The van der Waals surface area contributed by atoms with Gasteiger partial charge in [-0.3, -0.25) is 5.10 Å². The fourth-order valence-electron chi connectivity index (χ4n) is 1.28. The third kappa shape index (κ3) is 2.97. The van der Waals surface area contributed by atoms with Gasteiger partial charge in [0.05, 0.1) is 12.1 Å². The lowest BCUT2D eigenvalue weighted by Gasteiger charge is -2.13. The summed E-state index contributed by atoms with van der Waals surface area (Å²) in [6, 6.07) is 0.968. The average Bonchev–Trinajstić information content (AvgIpc) is 2.79. The molecule has 0 atom stereocenters. The maximum absolute atomic E-state index is 12.8. The number of halogens is 4. The molecule has 96 valence electrons. The molecule has 0 aliphatic heterocycles. The predicted molar refractivity (Wildman–Crippen MR) is 60.6 cm³/mol. The lowest BCUT2D eigenvalue weighted by atomic mass is 10.2. The molecule has 0 aliphatic carbocycles. The van der Waals surface area contributed by atoms with Crippen LogP contribution in [0.25, 0.3) is 0 Å². The van der Waals surface area contributed by atoms with Gasteiger partial charge in [-0.15, -0.1) is 0 Å². The Balaban J connectivity index is 2.22. The quantitative estimate of drug-likeness (QED) is 0.912. The molecule has 0 unspecified atom stereocenters. The van der Waals surface area contributed by atoms with Crippen molar-refractivity contribution in [2.24, 2.45) is 0 Å². The predicted octanol–water partition coefficient (Wildman–Crippen LogP) is 2.59. The molecule has 0 aromatic carbocycles. The largest absolute Gasteiger partial charge is 0.419 e. The molecule has 2 aromatic rings. The second-order valence-electron chi connectivity index (χ2n) is 3.33. The van der Waals surface area contributed by atoms with E-state index in [0.29, 0.717) is 5.82 Å². The van der Waals surface area contributed by atoms with Crippen LogP contribution in [0.2, 0.25) is 0 Å². The molecule has 5 nitrogen and oxygen atoms in total. The zero-order valence-corrected chi connectivity index (χ0v) is 10.4. The van der Waals surface area contributed by atoms with Crippen LogP contribution < -0.4 is 5.32 Å². The van der Waals surface area contributed by atoms with Crippen LogP contribution in [0, 0.1) is 0 Å². The third-order valence-electron chi connectivity index (χ3n) is 2.05. The Labute approximate surface area is 108 Å². The van der Waals surface area contributed by atoms with Gasteiger partial charge >= 0.3 is 6.18 Å². The normalized spacial score (nSPS) is 11.6. The Morgan fingerprint density at radius 2 is 2.11 bits per heavy atom. The molecular weight excluding hydrogens is 315 g/mol. The maximum atomic E-state index is 12.8. The fourth-order valence-corrected chi connectivity index (χ4v) is 1.61. The highest BCUT2D eigenvalue weighted by Gasteiger charge is 2.34. The van der Waals surface area contributed by atoms with Crippen LogP contribution in [-0.2, 0) is 12.7 Å². The van der Waals surface area contributed by atoms with Crippen molar-refractivity contribution < 1.29 is 13.2 Å². The van der Waals surface area contributed by atoms with Crippen molar-refractivity contribution in [1.29, 1.82) is 0 Å². The molecule has 18 heavy (non-hydrogen) atoms. The molecule has 9 heteroatoms. The number of pyridine rings is 1. The zero-order valence-electron chi connectivity index (χ0n) is 8.79. The van der Waals surface area contributed by atoms with Gasteiger partial charge in [0.1, 0.15) is 18.0 Å². The topological polar surface area (TPSA) is 66.5 Å². The van der Waals surface area contributed by atoms with Gasteiger partial charge in [0.25, 0.3) is 0 Å². The first-order valence-corrected chi connectivity index (χ1v) is 5.57. The summed E-state index contributed by atoms with van der Waals surface area (Å²) < 4.78 is 38.5. The number of alkyl halides is 3. The number of anilines is 1. The van der Waals surface area contributed by atoms with Gasteiger partial charge in [-0.25, -0.2) is 9.97 Å². The number of aromatic nitrogens is 4. The highest BCUT2D eigenvalue weighted by atomic mass is 79.9. The van der Waals surface area contributed by atoms with Crippen molar-refractivity contribution in [3.8, 4) is 0 Å². The average molecular weight is 322 g/mol. The van der Waals surface area contributed by atoms with E-state index >= 15 is 0 Å². The smallest absolute Gasteiger partial charge is 0.362 e. The van der Waals surface area contributed by atoms with E-state index in [1.807, 2.05) is 0 Å². The van der Waals surface area contributed by atoms with Gasteiger partial charge in [-0.1, -0.05) is 0 Å². The standard InChI is InChI=1S/C9H7BrF3N5/c10-5-1-6(9(11,12)13)8(14-2-5)15-3-7-16-4-17-18-7/h1-2,4H,3H2,(H,14,15)(H,16,17,18). The molecule has 2 rings (SSSR count). The Morgan fingerprint density at radius 1 is 1.33 bits per heavy atom. The van der Waals surface area contributed by atoms with Crippen LogP contribution in [0.1, 0.15) is 11.4 Å². The minimum Gasteiger partial charge on any atom is -0.362 e. The summed E-state index contributed by atoms with van der Waals surface area (Å²) in [6.07, 6.45) is -1.91. The van der Waals surface area contributed by atoms with Crippen molar-refractivity contribution in [3.05, 3.63) is 34.5 Å². The minimum absolute atomic E-state index is 0.0811. The first-order valence-electron chi connectivity index (χ1n) is 4.77. The van der Waals surface area contributed by atoms with Crippen LogP contribution in [0.15, 0.2) is 23.1 Å². The Hall–Kier alpha value is -1.64. The van der Waals surface area contributed by atoms with Gasteiger partial charge < -0.3 is 5.32 Å². The zero-order chi connectivity index (χ0) is 13.2. The van der Waals surface area contributed by atoms with Gasteiger partial charge in [0, 0.05) is 10.7 Å². The highest BCUT2D eigenvalue weighted by molar-refractivity contribution is 9.10. The summed E-state index contributed by atoms with van der Waals surface area (Å²) in [7, 11) is 0. The summed E-state index contributed by atoms with van der Waals surface area (Å²) in [5.74, 6) is 0.176. The van der Waals surface area contributed by atoms with Gasteiger partial charge in [0.2, 0.25) is 0 Å². The molecular formula is C9H7BrF3N5. The van der Waals surface area contributed by atoms with E-state index in [-0.39, 0.29) is 16.8 Å². The van der Waals surface area contributed by atoms with Crippen LogP contribution in [0.4, 0.5) is 19.0 Å². The molecule has 0 fully saturated rings. The molecule has 0 saturated heterocycles. The van der Waals surface area contributed by atoms with E-state index in [4.69, 9.17) is 0 Å². The number of rotatable bonds is 3. The molecule has 2 aromatic heterocycles. The summed E-state index contributed by atoms with van der Waals surface area (Å²) >= 11 is 2.96. The van der Waals surface area contributed by atoms with Crippen LogP contribution in [0.5, 0.6) is 0 Å². The summed E-state index contributed by atoms with van der Waals surface area (Å²) in [6.45, 7) is 0.0811. The molecule has 2 N–H and O–H groups in total. The Kier molecular flexibility index (Phi) is 3.50. The molecule has 0 aliphatic rings. The summed E-state index contributed by atoms with van der Waals surface area (Å²) in [5, 5.41) is 8.69. The molecule has 0 saturated carbocycles. The van der Waals surface area contributed by atoms with E-state index < -0.39 is 11.7 Å². The van der Waals surface area contributed by atoms with Gasteiger partial charge in [-0.2, -0.15) is 18.3 Å². The van der Waals surface area contributed by atoms with Crippen molar-refractivity contribution in [3.63, 3.8) is 0 Å². The first kappa shape index (κ1) is 12.8. The number of H-pyrrole nitrogens is 1. The number of nitrogens with zero attached hydrogens (tertiary/aromatic N) is 3. The maximum Gasteiger partial charge on any atom is 0.419 e. The van der Waals surface area contributed by atoms with E-state index in [2.05, 4.69) is 41.4 Å². The monoisotopic (exact) mass is 321 g/mol. The van der Waals surface area contributed by atoms with Crippen LogP contribution >= 0.6 is 15.9 Å². The van der Waals surface area contributed by atoms with Gasteiger partial charge in [0.15, 0.2) is 0 Å². The van der Waals surface area contributed by atoms with E-state index in [1.54, 1.807) is 0 Å². The van der Waals surface area contributed by atoms with Gasteiger partial charge in [-0.05, 0) is 22.0 Å². The lowest BCUT2D eigenvalue weighted by molar-refractivity contribution is -0.137. The second kappa shape index (κ2) is 4.92. The van der Waals surface area contributed by atoms with E-state index in [0.717, 1.165) is 6.07 Å². The Morgan fingerprint density at radius 3 is 2.72 bits per heavy atom. The van der Waals surface area contributed by atoms with Crippen molar-refractivity contribution in [2.75, 3.05) is 5.32 Å². The third-order valence-corrected chi connectivity index (χ3v) is 2.48. The molecule has 0 radical (unpaired) electrons. The van der Waals surface area contributed by atoms with Crippen molar-refractivity contribution in [2.45, 2.75) is 12.7 Å². The minimum atomic E-state index is -4.47. The van der Waals surface area contributed by atoms with Crippen molar-refractivity contribution in [1.82, 2.24) is 20.2 Å². The number of nitrogens with one attached hydrogen (secondary N) is 2. The summed E-state index contributed by atoms with van der Waals surface area (Å²) in [5.41, 5.74) is -0.837. The summed E-state index contributed by atoms with van der Waals surface area (Å²) in [4.78, 5) is 7.50. The van der Waals surface area contributed by atoms with Crippen LogP contribution in [0.3, 0.4) is 0 Å². The highest BCUT2D eigenvalue weighted by Crippen LogP contribution is 2.35. The van der Waals surface area contributed by atoms with Crippen molar-refractivity contribution >= 4 is 21.7 Å². The fraction of sp³-hybridized carbons (Fsp3) is 0.222. The molecule has 0 bridgehead atoms. The Bertz CT molecular complexity index is 525.